The van der Waals surface area contributed by atoms with Crippen LogP contribution in [0.4, 0.5) is 0 Å². The van der Waals surface area contributed by atoms with Crippen LogP contribution in [-0.4, -0.2) is 5.71 Å². The van der Waals surface area contributed by atoms with Gasteiger partial charge < -0.3 is 0 Å². The normalized spacial score (nSPS) is 15.7. The first-order valence-electron chi connectivity index (χ1n) is 15.4. The summed E-state index contributed by atoms with van der Waals surface area (Å²) in [4.78, 5) is 5.49. The van der Waals surface area contributed by atoms with Crippen molar-refractivity contribution in [3.8, 4) is 0 Å². The molecule has 0 unspecified atom stereocenters. The van der Waals surface area contributed by atoms with E-state index in [1.54, 1.807) is 0 Å². The van der Waals surface area contributed by atoms with Gasteiger partial charge in [0.1, 0.15) is 0 Å². The van der Waals surface area contributed by atoms with E-state index in [2.05, 4.69) is 169 Å². The SMILES string of the molecule is C=C(C(=NC(=C(C)\C(C)=C\C=C(/C)C(C)(C)C)/C(C)=C(C)/C(C)=C/C=C(\C)C(C)(C)C)c1ccccc1)c1ccccc1. The second-order valence-electron chi connectivity index (χ2n) is 13.8. The molecule has 0 radical (unpaired) electrons. The van der Waals surface area contributed by atoms with Crippen LogP contribution in [0.2, 0.25) is 0 Å². The number of hydrogen-bond acceptors (Lipinski definition) is 1. The highest BCUT2D eigenvalue weighted by Gasteiger charge is 2.17. The molecule has 0 aliphatic rings. The topological polar surface area (TPSA) is 12.4 Å². The third-order valence-corrected chi connectivity index (χ3v) is 8.67. The lowest BCUT2D eigenvalue weighted by Gasteiger charge is -2.20. The summed E-state index contributed by atoms with van der Waals surface area (Å²) in [6.45, 7) is 33.5. The first-order chi connectivity index (χ1) is 19.9. The summed E-state index contributed by atoms with van der Waals surface area (Å²) in [5.74, 6) is 0. The van der Waals surface area contributed by atoms with Gasteiger partial charge in [-0.15, -0.1) is 0 Å². The summed E-state index contributed by atoms with van der Waals surface area (Å²) in [7, 11) is 0. The van der Waals surface area contributed by atoms with Crippen LogP contribution >= 0.6 is 0 Å². The molecule has 0 saturated carbocycles. The first kappa shape index (κ1) is 35.5. The molecule has 0 heterocycles. The Hall–Kier alpha value is -3.71. The van der Waals surface area contributed by atoms with Gasteiger partial charge in [-0.25, -0.2) is 4.99 Å². The summed E-state index contributed by atoms with van der Waals surface area (Å²) in [6.07, 6.45) is 8.98. The van der Waals surface area contributed by atoms with E-state index in [4.69, 9.17) is 4.99 Å². The van der Waals surface area contributed by atoms with Gasteiger partial charge in [-0.2, -0.15) is 0 Å². The fourth-order valence-electron chi connectivity index (χ4n) is 4.15. The third-order valence-electron chi connectivity index (χ3n) is 8.67. The molecule has 0 aliphatic carbocycles. The van der Waals surface area contributed by atoms with Gasteiger partial charge in [0.15, 0.2) is 0 Å². The third kappa shape index (κ3) is 10.2. The Morgan fingerprint density at radius 1 is 0.535 bits per heavy atom. The molecular formula is C42H55N. The lowest BCUT2D eigenvalue weighted by Crippen LogP contribution is -2.07. The zero-order valence-corrected chi connectivity index (χ0v) is 29.2. The van der Waals surface area contributed by atoms with Crippen LogP contribution in [0.1, 0.15) is 101 Å². The Balaban J connectivity index is 2.92. The quantitative estimate of drug-likeness (QED) is 0.209. The largest absolute Gasteiger partial charge is 0.247 e. The van der Waals surface area contributed by atoms with Crippen molar-refractivity contribution < 1.29 is 0 Å². The van der Waals surface area contributed by atoms with Crippen molar-refractivity contribution >= 4 is 11.3 Å². The second-order valence-corrected chi connectivity index (χ2v) is 13.8. The van der Waals surface area contributed by atoms with Crippen molar-refractivity contribution in [1.29, 1.82) is 0 Å². The fraction of sp³-hybridized carbons (Fsp3) is 0.357. The van der Waals surface area contributed by atoms with Crippen molar-refractivity contribution in [3.63, 3.8) is 0 Å². The standard InChI is InChI=1S/C42H55N/c1-29(25-27-31(3)41(9,10)11)33(5)35(7)39(34(6)30(2)26-28-32(4)42(12,13)14)43-40(38-23-19-16-20-24-38)36(8)37-21-17-15-18-22-37/h15-28H,8H2,1-7,9-14H3/b29-25+,30-26+,31-27+,32-28+,35-33+,39-34-,43-40?. The Bertz CT molecular complexity index is 1500. The average molecular weight is 574 g/mol. The number of rotatable bonds is 9. The molecule has 0 aromatic heterocycles. The maximum absolute atomic E-state index is 5.49. The molecule has 0 N–H and O–H groups in total. The first-order valence-corrected chi connectivity index (χ1v) is 15.4. The summed E-state index contributed by atoms with van der Waals surface area (Å²) in [5.41, 5.74) is 13.8. The van der Waals surface area contributed by atoms with Gasteiger partial charge in [0.05, 0.1) is 11.4 Å². The maximum atomic E-state index is 5.49. The molecule has 2 aromatic carbocycles. The molecule has 1 heteroatoms. The minimum atomic E-state index is 0.121. The van der Waals surface area contributed by atoms with Crippen LogP contribution in [0.25, 0.3) is 5.57 Å². The van der Waals surface area contributed by atoms with E-state index < -0.39 is 0 Å². The van der Waals surface area contributed by atoms with E-state index in [1.807, 2.05) is 12.1 Å². The minimum Gasteiger partial charge on any atom is -0.247 e. The van der Waals surface area contributed by atoms with Gasteiger partial charge in [-0.3, -0.25) is 0 Å². The summed E-state index contributed by atoms with van der Waals surface area (Å²) in [6, 6.07) is 20.8. The number of hydrogen-bond donors (Lipinski definition) is 0. The second kappa shape index (κ2) is 15.1. The van der Waals surface area contributed by atoms with Crippen LogP contribution in [0, 0.1) is 10.8 Å². The highest BCUT2D eigenvalue weighted by molar-refractivity contribution is 6.31. The lowest BCUT2D eigenvalue weighted by atomic mass is 9.87. The van der Waals surface area contributed by atoms with Gasteiger partial charge >= 0.3 is 0 Å². The summed E-state index contributed by atoms with van der Waals surface area (Å²) >= 11 is 0. The predicted molar refractivity (Wildman–Crippen MR) is 193 cm³/mol. The summed E-state index contributed by atoms with van der Waals surface area (Å²) < 4.78 is 0. The van der Waals surface area contributed by atoms with Crippen LogP contribution in [0.5, 0.6) is 0 Å². The molecular weight excluding hydrogens is 518 g/mol. The van der Waals surface area contributed by atoms with Crippen LogP contribution < -0.4 is 0 Å². The zero-order valence-electron chi connectivity index (χ0n) is 29.2. The maximum Gasteiger partial charge on any atom is 0.0781 e. The lowest BCUT2D eigenvalue weighted by molar-refractivity contribution is 0.504. The molecule has 43 heavy (non-hydrogen) atoms. The van der Waals surface area contributed by atoms with Crippen molar-refractivity contribution in [1.82, 2.24) is 0 Å². The predicted octanol–water partition coefficient (Wildman–Crippen LogP) is 12.7. The molecule has 0 aliphatic heterocycles. The molecule has 0 amide bonds. The molecule has 0 spiro atoms. The van der Waals surface area contributed by atoms with Crippen molar-refractivity contribution in [3.05, 3.63) is 147 Å². The van der Waals surface area contributed by atoms with E-state index in [0.717, 1.165) is 39.3 Å². The van der Waals surface area contributed by atoms with Crippen molar-refractivity contribution in [2.75, 3.05) is 0 Å². The molecule has 0 fully saturated rings. The van der Waals surface area contributed by atoms with Gasteiger partial charge in [0, 0.05) is 11.1 Å². The molecule has 1 nitrogen and oxygen atoms in total. The van der Waals surface area contributed by atoms with E-state index in [-0.39, 0.29) is 10.8 Å². The van der Waals surface area contributed by atoms with Crippen LogP contribution in [0.15, 0.2) is 141 Å². The average Bonchev–Trinajstić information content (AvgIpc) is 2.97. The Labute approximate surface area is 264 Å². The molecule has 0 saturated heterocycles. The van der Waals surface area contributed by atoms with E-state index in [9.17, 15) is 0 Å². The van der Waals surface area contributed by atoms with E-state index in [1.165, 1.54) is 27.9 Å². The van der Waals surface area contributed by atoms with E-state index in [0.29, 0.717) is 0 Å². The van der Waals surface area contributed by atoms with Crippen LogP contribution in [-0.2, 0) is 0 Å². The van der Waals surface area contributed by atoms with Crippen LogP contribution in [0.3, 0.4) is 0 Å². The zero-order chi connectivity index (χ0) is 32.5. The van der Waals surface area contributed by atoms with Gasteiger partial charge in [-0.1, -0.05) is 144 Å². The Morgan fingerprint density at radius 2 is 0.930 bits per heavy atom. The smallest absolute Gasteiger partial charge is 0.0781 e. The monoisotopic (exact) mass is 573 g/mol. The fourth-order valence-corrected chi connectivity index (χ4v) is 4.15. The number of nitrogens with zero attached hydrogens (tertiary/aromatic N) is 1. The highest BCUT2D eigenvalue weighted by atomic mass is 14.8. The number of benzene rings is 2. The molecule has 228 valence electrons. The summed E-state index contributed by atoms with van der Waals surface area (Å²) in [5, 5.41) is 0. The Kier molecular flexibility index (Phi) is 12.5. The molecule has 2 rings (SSSR count). The highest BCUT2D eigenvalue weighted by Crippen LogP contribution is 2.31. The van der Waals surface area contributed by atoms with Gasteiger partial charge in [-0.05, 0) is 92.7 Å². The molecule has 0 bridgehead atoms. The molecule has 2 aromatic rings. The Morgan fingerprint density at radius 3 is 1.35 bits per heavy atom. The van der Waals surface area contributed by atoms with Crippen molar-refractivity contribution in [2.45, 2.75) is 90.0 Å². The number of aliphatic imine (C=N–C) groups is 1. The van der Waals surface area contributed by atoms with E-state index >= 15 is 0 Å². The molecule has 0 atom stereocenters. The van der Waals surface area contributed by atoms with Crippen molar-refractivity contribution in [2.24, 2.45) is 15.8 Å². The van der Waals surface area contributed by atoms with Gasteiger partial charge in [0.2, 0.25) is 0 Å². The number of allylic oxidation sites excluding steroid dienone is 12. The minimum absolute atomic E-state index is 0.121. The van der Waals surface area contributed by atoms with Gasteiger partial charge in [0.25, 0.3) is 0 Å².